The summed E-state index contributed by atoms with van der Waals surface area (Å²) >= 11 is 0. The largest absolute Gasteiger partial charge is 0.341 e. The highest BCUT2D eigenvalue weighted by Crippen LogP contribution is 2.18. The van der Waals surface area contributed by atoms with Crippen molar-refractivity contribution in [2.75, 3.05) is 23.3 Å². The van der Waals surface area contributed by atoms with Crippen LogP contribution in [0.5, 0.6) is 0 Å². The molecule has 2 heterocycles. The fourth-order valence-corrected chi connectivity index (χ4v) is 2.86. The summed E-state index contributed by atoms with van der Waals surface area (Å²) in [6.07, 6.45) is 5.22. The molecule has 1 aromatic carbocycles. The van der Waals surface area contributed by atoms with Crippen molar-refractivity contribution in [1.29, 1.82) is 0 Å². The lowest BCUT2D eigenvalue weighted by Crippen LogP contribution is -2.31. The fraction of sp³-hybridized carbons (Fsp3) is 0.389. The zero-order chi connectivity index (χ0) is 16.2. The normalized spacial score (nSPS) is 14.6. The maximum atomic E-state index is 12.5. The topological polar surface area (TPSA) is 58.1 Å². The summed E-state index contributed by atoms with van der Waals surface area (Å²) < 4.78 is 0. The maximum Gasteiger partial charge on any atom is 0.274 e. The molecule has 1 amide bonds. The molecule has 0 aliphatic carbocycles. The van der Waals surface area contributed by atoms with Crippen LogP contribution in [0.15, 0.2) is 30.5 Å². The second-order valence-electron chi connectivity index (χ2n) is 6.06. The summed E-state index contributed by atoms with van der Waals surface area (Å²) in [5.74, 6) is 0.454. The van der Waals surface area contributed by atoms with Crippen LogP contribution in [-0.4, -0.2) is 29.0 Å². The van der Waals surface area contributed by atoms with Gasteiger partial charge in [0.2, 0.25) is 5.95 Å². The van der Waals surface area contributed by atoms with Crippen LogP contribution in [-0.2, 0) is 0 Å². The van der Waals surface area contributed by atoms with Gasteiger partial charge in [0.15, 0.2) is 0 Å². The van der Waals surface area contributed by atoms with Gasteiger partial charge in [0.05, 0.1) is 0 Å². The number of hydrogen-bond donors (Lipinski definition) is 1. The Hall–Kier alpha value is -2.43. The molecule has 0 spiro atoms. The van der Waals surface area contributed by atoms with E-state index in [4.69, 9.17) is 0 Å². The van der Waals surface area contributed by atoms with Gasteiger partial charge in [0.1, 0.15) is 5.69 Å². The van der Waals surface area contributed by atoms with Gasteiger partial charge in [-0.2, -0.15) is 0 Å². The number of amides is 1. The van der Waals surface area contributed by atoms with Crippen molar-refractivity contribution in [1.82, 2.24) is 9.97 Å². The van der Waals surface area contributed by atoms with Gasteiger partial charge in [-0.15, -0.1) is 0 Å². The third kappa shape index (κ3) is 3.67. The van der Waals surface area contributed by atoms with Crippen molar-refractivity contribution >= 4 is 17.5 Å². The number of aryl methyl sites for hydroxylation is 2. The number of carbonyl (C=O) groups is 1. The van der Waals surface area contributed by atoms with Crippen LogP contribution in [0.4, 0.5) is 11.6 Å². The number of carbonyl (C=O) groups excluding carboxylic acids is 1. The first-order valence-electron chi connectivity index (χ1n) is 8.10. The van der Waals surface area contributed by atoms with Gasteiger partial charge in [-0.25, -0.2) is 9.97 Å². The Morgan fingerprint density at radius 3 is 2.65 bits per heavy atom. The Kier molecular flexibility index (Phi) is 4.55. The average molecular weight is 310 g/mol. The van der Waals surface area contributed by atoms with E-state index in [1.165, 1.54) is 12.0 Å². The third-order valence-corrected chi connectivity index (χ3v) is 4.14. The first-order valence-corrected chi connectivity index (χ1v) is 8.10. The second kappa shape index (κ2) is 6.77. The number of benzene rings is 1. The minimum Gasteiger partial charge on any atom is -0.341 e. The number of rotatable bonds is 3. The lowest BCUT2D eigenvalue weighted by Gasteiger charge is -2.26. The van der Waals surface area contributed by atoms with Crippen LogP contribution in [0, 0.1) is 13.8 Å². The third-order valence-electron chi connectivity index (χ3n) is 4.14. The van der Waals surface area contributed by atoms with Gasteiger partial charge in [-0.3, -0.25) is 4.79 Å². The number of piperidine rings is 1. The van der Waals surface area contributed by atoms with Crippen LogP contribution < -0.4 is 10.2 Å². The van der Waals surface area contributed by atoms with E-state index in [1.54, 1.807) is 12.3 Å². The zero-order valence-corrected chi connectivity index (χ0v) is 13.7. The van der Waals surface area contributed by atoms with Gasteiger partial charge in [0.25, 0.3) is 5.91 Å². The Labute approximate surface area is 136 Å². The van der Waals surface area contributed by atoms with E-state index in [-0.39, 0.29) is 5.91 Å². The van der Waals surface area contributed by atoms with E-state index in [1.807, 2.05) is 26.0 Å². The number of nitrogens with zero attached hydrogens (tertiary/aromatic N) is 3. The second-order valence-corrected chi connectivity index (χ2v) is 6.06. The van der Waals surface area contributed by atoms with E-state index >= 15 is 0 Å². The Morgan fingerprint density at radius 2 is 1.91 bits per heavy atom. The highest BCUT2D eigenvalue weighted by Gasteiger charge is 2.16. The molecule has 0 radical (unpaired) electrons. The van der Waals surface area contributed by atoms with Gasteiger partial charge in [-0.1, -0.05) is 17.7 Å². The molecule has 5 nitrogen and oxygen atoms in total. The standard InChI is InChI=1S/C18H22N4O/c1-13-6-7-15(14(2)12-13)20-17(23)16-8-9-19-18(21-16)22-10-4-3-5-11-22/h6-9,12H,3-5,10-11H2,1-2H3,(H,20,23). The van der Waals surface area contributed by atoms with Crippen molar-refractivity contribution < 1.29 is 4.79 Å². The highest BCUT2D eigenvalue weighted by molar-refractivity contribution is 6.03. The molecule has 1 aliphatic heterocycles. The van der Waals surface area contributed by atoms with Crippen LogP contribution in [0.2, 0.25) is 0 Å². The number of hydrogen-bond acceptors (Lipinski definition) is 4. The quantitative estimate of drug-likeness (QED) is 0.944. The molecule has 1 N–H and O–H groups in total. The Morgan fingerprint density at radius 1 is 1.13 bits per heavy atom. The molecule has 2 aromatic rings. The van der Waals surface area contributed by atoms with E-state index in [0.717, 1.165) is 37.2 Å². The Bertz CT molecular complexity index is 708. The van der Waals surface area contributed by atoms with Gasteiger partial charge in [0, 0.05) is 25.0 Å². The lowest BCUT2D eigenvalue weighted by atomic mass is 10.1. The van der Waals surface area contributed by atoms with Crippen LogP contribution in [0.3, 0.4) is 0 Å². The van der Waals surface area contributed by atoms with E-state index < -0.39 is 0 Å². The van der Waals surface area contributed by atoms with E-state index in [9.17, 15) is 4.79 Å². The fourth-order valence-electron chi connectivity index (χ4n) is 2.86. The summed E-state index contributed by atoms with van der Waals surface area (Å²) in [6.45, 7) is 5.94. The van der Waals surface area contributed by atoms with Crippen LogP contribution >= 0.6 is 0 Å². The first kappa shape index (κ1) is 15.5. The van der Waals surface area contributed by atoms with Gasteiger partial charge in [-0.05, 0) is 50.8 Å². The molecule has 0 atom stereocenters. The number of nitrogens with one attached hydrogen (secondary N) is 1. The molecule has 0 saturated carbocycles. The first-order chi connectivity index (χ1) is 11.1. The van der Waals surface area contributed by atoms with Crippen molar-refractivity contribution in [3.05, 3.63) is 47.3 Å². The molecule has 23 heavy (non-hydrogen) atoms. The molecule has 120 valence electrons. The molecular formula is C18H22N4O. The molecule has 1 fully saturated rings. The molecule has 0 unspecified atom stereocenters. The molecule has 1 aliphatic rings. The molecule has 1 aromatic heterocycles. The van der Waals surface area contributed by atoms with Crippen molar-refractivity contribution in [3.8, 4) is 0 Å². The summed E-state index contributed by atoms with van der Waals surface area (Å²) in [5, 5.41) is 2.94. The number of anilines is 2. The van der Waals surface area contributed by atoms with Gasteiger partial charge < -0.3 is 10.2 Å². The van der Waals surface area contributed by atoms with E-state index in [2.05, 4.69) is 26.3 Å². The molecule has 3 rings (SSSR count). The Balaban J connectivity index is 1.76. The van der Waals surface area contributed by atoms with Gasteiger partial charge >= 0.3 is 0 Å². The summed E-state index contributed by atoms with van der Waals surface area (Å²) in [5.41, 5.74) is 3.44. The molecule has 5 heteroatoms. The van der Waals surface area contributed by atoms with Crippen molar-refractivity contribution in [2.24, 2.45) is 0 Å². The minimum absolute atomic E-state index is 0.197. The van der Waals surface area contributed by atoms with Crippen molar-refractivity contribution in [3.63, 3.8) is 0 Å². The molecule has 0 bridgehead atoms. The predicted octanol–water partition coefficient (Wildman–Crippen LogP) is 3.34. The number of aromatic nitrogens is 2. The molecular weight excluding hydrogens is 288 g/mol. The van der Waals surface area contributed by atoms with Crippen molar-refractivity contribution in [2.45, 2.75) is 33.1 Å². The summed E-state index contributed by atoms with van der Waals surface area (Å²) in [4.78, 5) is 23.4. The maximum absolute atomic E-state index is 12.5. The summed E-state index contributed by atoms with van der Waals surface area (Å²) in [6, 6.07) is 7.62. The predicted molar refractivity (Wildman–Crippen MR) is 92.0 cm³/mol. The van der Waals surface area contributed by atoms with E-state index in [0.29, 0.717) is 11.6 Å². The van der Waals surface area contributed by atoms with Crippen LogP contribution in [0.1, 0.15) is 40.9 Å². The smallest absolute Gasteiger partial charge is 0.274 e. The monoisotopic (exact) mass is 310 g/mol. The SMILES string of the molecule is Cc1ccc(NC(=O)c2ccnc(N3CCCCC3)n2)c(C)c1. The highest BCUT2D eigenvalue weighted by atomic mass is 16.1. The zero-order valence-electron chi connectivity index (χ0n) is 13.7. The molecule has 1 saturated heterocycles. The summed E-state index contributed by atoms with van der Waals surface area (Å²) in [7, 11) is 0. The average Bonchev–Trinajstić information content (AvgIpc) is 2.58. The van der Waals surface area contributed by atoms with Crippen LogP contribution in [0.25, 0.3) is 0 Å². The lowest BCUT2D eigenvalue weighted by molar-refractivity contribution is 0.102. The minimum atomic E-state index is -0.197.